The van der Waals surface area contributed by atoms with Crippen molar-refractivity contribution >= 4 is 0 Å². The van der Waals surface area contributed by atoms with Crippen molar-refractivity contribution < 1.29 is 0 Å². The van der Waals surface area contributed by atoms with Crippen LogP contribution in [-0.4, -0.2) is 0 Å². The number of rotatable bonds is 5. The van der Waals surface area contributed by atoms with E-state index in [1.807, 2.05) is 19.4 Å². The molecule has 4 saturated carbocycles. The Hall–Kier alpha value is -0.780. The predicted molar refractivity (Wildman–Crippen MR) is 129 cm³/mol. The van der Waals surface area contributed by atoms with Gasteiger partial charge in [-0.3, -0.25) is 0 Å². The van der Waals surface area contributed by atoms with Gasteiger partial charge in [0.25, 0.3) is 0 Å². The second-order valence-electron chi connectivity index (χ2n) is 10.9. The highest BCUT2D eigenvalue weighted by atomic mass is 14.7. The van der Waals surface area contributed by atoms with Crippen LogP contribution in [0.5, 0.6) is 0 Å². The van der Waals surface area contributed by atoms with E-state index in [4.69, 9.17) is 0 Å². The molecule has 4 fully saturated rings. The van der Waals surface area contributed by atoms with Crippen molar-refractivity contribution in [3.63, 3.8) is 0 Å². The van der Waals surface area contributed by atoms with Crippen molar-refractivity contribution in [2.45, 2.75) is 112 Å². The molecule has 0 heterocycles. The largest absolute Gasteiger partial charge is 0.0996 e. The Bertz CT molecular complexity index is 618. The third-order valence-electron chi connectivity index (χ3n) is 8.89. The molecule has 5 unspecified atom stereocenters. The van der Waals surface area contributed by atoms with E-state index >= 15 is 0 Å². The van der Waals surface area contributed by atoms with Gasteiger partial charge >= 0.3 is 0 Å². The van der Waals surface area contributed by atoms with E-state index in [0.29, 0.717) is 5.92 Å². The van der Waals surface area contributed by atoms with Crippen LogP contribution in [0.3, 0.4) is 0 Å². The maximum absolute atomic E-state index is 4.24. The molecule has 4 aliphatic carbocycles. The van der Waals surface area contributed by atoms with Crippen LogP contribution < -0.4 is 0 Å². The molecule has 0 heteroatoms. The third kappa shape index (κ3) is 4.77. The monoisotopic (exact) mass is 396 g/mol. The first-order valence-electron chi connectivity index (χ1n) is 13.1. The van der Waals surface area contributed by atoms with E-state index in [0.717, 1.165) is 29.1 Å². The van der Waals surface area contributed by atoms with Crippen LogP contribution >= 0.6 is 0 Å². The standard InChI is InChI=1S/C27H42.C2H6/c1-19(2)7-5-8-24-18-27-16-6-9-23(25(27)14-15-26(24)27)13-12-22-11-10-20(3)21(4)17-22;1-2/h12-13,19,21,24-26H,3,5-11,14-18H2,1-2,4H3;1-2H3/b22-12-,23-13+;. The minimum atomic E-state index is 0.690. The lowest BCUT2D eigenvalue weighted by atomic mass is 9.47. The van der Waals surface area contributed by atoms with Gasteiger partial charge in [-0.15, -0.1) is 0 Å². The minimum absolute atomic E-state index is 0.690. The molecular weight excluding hydrogens is 348 g/mol. The summed E-state index contributed by atoms with van der Waals surface area (Å²) in [5, 5.41) is 0. The Balaban J connectivity index is 0.00000117. The van der Waals surface area contributed by atoms with E-state index in [2.05, 4.69) is 39.5 Å². The molecule has 4 rings (SSSR count). The van der Waals surface area contributed by atoms with Crippen molar-refractivity contribution in [1.29, 1.82) is 0 Å². The molecule has 0 aromatic heterocycles. The van der Waals surface area contributed by atoms with Gasteiger partial charge < -0.3 is 0 Å². The summed E-state index contributed by atoms with van der Waals surface area (Å²) >= 11 is 0. The molecule has 0 nitrogen and oxygen atoms in total. The first kappa shape index (κ1) is 22.9. The van der Waals surface area contributed by atoms with E-state index in [1.165, 1.54) is 76.2 Å². The first-order valence-corrected chi connectivity index (χ1v) is 13.1. The molecule has 0 saturated heterocycles. The zero-order valence-electron chi connectivity index (χ0n) is 20.2. The molecular formula is C29H48. The van der Waals surface area contributed by atoms with Crippen LogP contribution in [0.25, 0.3) is 0 Å². The summed E-state index contributed by atoms with van der Waals surface area (Å²) in [7, 11) is 0. The van der Waals surface area contributed by atoms with Crippen molar-refractivity contribution in [3.8, 4) is 0 Å². The summed E-state index contributed by atoms with van der Waals surface area (Å²) in [5.74, 6) is 4.65. The van der Waals surface area contributed by atoms with Crippen LogP contribution in [0.2, 0.25) is 0 Å². The molecule has 4 aliphatic rings. The van der Waals surface area contributed by atoms with Gasteiger partial charge in [0.2, 0.25) is 0 Å². The Labute approximate surface area is 182 Å². The minimum Gasteiger partial charge on any atom is -0.0996 e. The lowest BCUT2D eigenvalue weighted by Gasteiger charge is -2.57. The van der Waals surface area contributed by atoms with Gasteiger partial charge in [-0.05, 0) is 92.8 Å². The molecule has 0 aromatic carbocycles. The lowest BCUT2D eigenvalue weighted by Crippen LogP contribution is -2.49. The average molecular weight is 397 g/mol. The molecule has 1 spiro atoms. The normalized spacial score (nSPS) is 39.0. The summed E-state index contributed by atoms with van der Waals surface area (Å²) in [5.41, 5.74) is 5.71. The zero-order chi connectivity index (χ0) is 21.0. The van der Waals surface area contributed by atoms with Crippen LogP contribution in [0.4, 0.5) is 0 Å². The van der Waals surface area contributed by atoms with Gasteiger partial charge in [-0.1, -0.05) is 89.3 Å². The van der Waals surface area contributed by atoms with Crippen molar-refractivity contribution in [3.05, 3.63) is 35.5 Å². The molecule has 0 radical (unpaired) electrons. The molecule has 0 aliphatic heterocycles. The molecule has 29 heavy (non-hydrogen) atoms. The van der Waals surface area contributed by atoms with Crippen molar-refractivity contribution in [1.82, 2.24) is 0 Å². The molecule has 0 bridgehead atoms. The van der Waals surface area contributed by atoms with Gasteiger partial charge in [0.15, 0.2) is 0 Å². The molecule has 0 N–H and O–H groups in total. The third-order valence-corrected chi connectivity index (χ3v) is 8.89. The maximum atomic E-state index is 4.24. The SMILES string of the molecule is C=C1CC/C(=C/C=C2\CCCC34CC(CCCC(C)C)C3CCC24)CC1C.CC. The fourth-order valence-corrected chi connectivity index (χ4v) is 7.33. The first-order chi connectivity index (χ1) is 14.0. The Morgan fingerprint density at radius 3 is 2.62 bits per heavy atom. The van der Waals surface area contributed by atoms with Crippen LogP contribution in [-0.2, 0) is 0 Å². The number of hydrogen-bond donors (Lipinski definition) is 0. The smallest absolute Gasteiger partial charge is 0.0140 e. The topological polar surface area (TPSA) is 0 Å². The van der Waals surface area contributed by atoms with Gasteiger partial charge in [-0.25, -0.2) is 0 Å². The highest BCUT2D eigenvalue weighted by Gasteiger charge is 2.61. The molecule has 164 valence electrons. The van der Waals surface area contributed by atoms with E-state index in [9.17, 15) is 0 Å². The van der Waals surface area contributed by atoms with E-state index in [-0.39, 0.29) is 0 Å². The van der Waals surface area contributed by atoms with Gasteiger partial charge in [-0.2, -0.15) is 0 Å². The molecule has 0 aromatic rings. The highest BCUT2D eigenvalue weighted by Crippen LogP contribution is 2.70. The summed E-state index contributed by atoms with van der Waals surface area (Å²) in [6.45, 7) is 15.4. The van der Waals surface area contributed by atoms with Crippen LogP contribution in [0.15, 0.2) is 35.5 Å². The second-order valence-corrected chi connectivity index (χ2v) is 10.9. The molecule has 0 amide bonds. The lowest BCUT2D eigenvalue weighted by molar-refractivity contribution is -0.0615. The zero-order valence-corrected chi connectivity index (χ0v) is 20.2. The van der Waals surface area contributed by atoms with Crippen LogP contribution in [0.1, 0.15) is 112 Å². The average Bonchev–Trinajstić information content (AvgIpc) is 3.00. The summed E-state index contributed by atoms with van der Waals surface area (Å²) in [4.78, 5) is 0. The Morgan fingerprint density at radius 2 is 1.90 bits per heavy atom. The summed E-state index contributed by atoms with van der Waals surface area (Å²) < 4.78 is 0. The fourth-order valence-electron chi connectivity index (χ4n) is 7.33. The number of allylic oxidation sites excluding steroid dienone is 5. The van der Waals surface area contributed by atoms with Gasteiger partial charge in [0.1, 0.15) is 0 Å². The maximum Gasteiger partial charge on any atom is -0.0140 e. The number of hydrogen-bond acceptors (Lipinski definition) is 0. The second kappa shape index (κ2) is 10.0. The van der Waals surface area contributed by atoms with Gasteiger partial charge in [0.05, 0.1) is 0 Å². The predicted octanol–water partition coefficient (Wildman–Crippen LogP) is 9.28. The summed E-state index contributed by atoms with van der Waals surface area (Å²) in [6.07, 6.45) is 22.2. The highest BCUT2D eigenvalue weighted by molar-refractivity contribution is 5.29. The van der Waals surface area contributed by atoms with Gasteiger partial charge in [0, 0.05) is 0 Å². The summed E-state index contributed by atoms with van der Waals surface area (Å²) in [6, 6.07) is 0. The Morgan fingerprint density at radius 1 is 1.10 bits per heavy atom. The van der Waals surface area contributed by atoms with Crippen LogP contribution in [0, 0.1) is 35.0 Å². The fraction of sp³-hybridized carbons (Fsp3) is 0.793. The van der Waals surface area contributed by atoms with Crippen molar-refractivity contribution in [2.75, 3.05) is 0 Å². The van der Waals surface area contributed by atoms with Crippen molar-refractivity contribution in [2.24, 2.45) is 35.0 Å². The Kier molecular flexibility index (Phi) is 7.91. The molecule has 5 atom stereocenters. The van der Waals surface area contributed by atoms with E-state index in [1.54, 1.807) is 12.0 Å². The van der Waals surface area contributed by atoms with E-state index < -0.39 is 0 Å². The quantitative estimate of drug-likeness (QED) is 0.406.